The Hall–Kier alpha value is -5.75. The minimum atomic E-state index is -1.14. The molecule has 0 bridgehead atoms. The van der Waals surface area contributed by atoms with Crippen molar-refractivity contribution in [1.29, 1.82) is 0 Å². The predicted octanol–water partition coefficient (Wildman–Crippen LogP) is 7.56. The quantitative estimate of drug-likeness (QED) is 0.119. The monoisotopic (exact) mass is 754 g/mol. The Morgan fingerprint density at radius 3 is 1.73 bits per heavy atom. The summed E-state index contributed by atoms with van der Waals surface area (Å²) < 4.78 is 5.34. The van der Waals surface area contributed by atoms with Gasteiger partial charge in [-0.15, -0.1) is 0 Å². The highest BCUT2D eigenvalue weighted by atomic mass is 16.6. The zero-order valence-electron chi connectivity index (χ0n) is 32.1. The number of benzene rings is 3. The molecule has 2 saturated heterocycles. The number of ether oxygens (including phenoxy) is 1. The zero-order chi connectivity index (χ0) is 38.8. The molecule has 1 aliphatic carbocycles. The van der Waals surface area contributed by atoms with E-state index >= 15 is 0 Å². The van der Waals surface area contributed by atoms with Crippen LogP contribution in [0.4, 0.5) is 4.79 Å². The molecule has 4 heterocycles. The number of aromatic nitrogens is 4. The average molecular weight is 755 g/mol. The lowest BCUT2D eigenvalue weighted by Gasteiger charge is -2.42. The highest BCUT2D eigenvalue weighted by Gasteiger charge is 2.52. The van der Waals surface area contributed by atoms with Gasteiger partial charge in [-0.2, -0.15) is 0 Å². The molecule has 290 valence electrons. The lowest BCUT2D eigenvalue weighted by molar-refractivity contribution is -0.161. The Morgan fingerprint density at radius 1 is 0.750 bits per heavy atom. The summed E-state index contributed by atoms with van der Waals surface area (Å²) in [5.41, 5.74) is 11.2. The van der Waals surface area contributed by atoms with E-state index in [0.717, 1.165) is 103 Å². The largest absolute Gasteiger partial charge is 0.433 e. The van der Waals surface area contributed by atoms with Gasteiger partial charge in [0, 0.05) is 13.1 Å². The van der Waals surface area contributed by atoms with E-state index in [1.165, 1.54) is 0 Å². The first-order chi connectivity index (χ1) is 27.3. The molecule has 1 saturated carbocycles. The summed E-state index contributed by atoms with van der Waals surface area (Å²) in [6, 6.07) is 26.2. The van der Waals surface area contributed by atoms with Crippen molar-refractivity contribution in [1.82, 2.24) is 34.6 Å². The molecule has 3 atom stereocenters. The van der Waals surface area contributed by atoms with E-state index < -0.39 is 11.7 Å². The highest BCUT2D eigenvalue weighted by molar-refractivity contribution is 5.89. The van der Waals surface area contributed by atoms with Crippen molar-refractivity contribution >= 4 is 17.9 Å². The molecule has 2 aromatic heterocycles. The van der Waals surface area contributed by atoms with Crippen LogP contribution in [0, 0.1) is 0 Å². The van der Waals surface area contributed by atoms with Crippen molar-refractivity contribution in [3.8, 4) is 33.6 Å². The van der Waals surface area contributed by atoms with Gasteiger partial charge in [0.25, 0.3) is 5.91 Å². The van der Waals surface area contributed by atoms with E-state index in [1.807, 2.05) is 35.5 Å². The molecule has 12 heteroatoms. The maximum absolute atomic E-state index is 14.2. The number of carbonyl (C=O) groups is 3. The predicted molar refractivity (Wildman–Crippen MR) is 214 cm³/mol. The number of nitrogens with one attached hydrogen (secondary N) is 2. The van der Waals surface area contributed by atoms with Crippen LogP contribution in [0.25, 0.3) is 33.6 Å². The highest BCUT2D eigenvalue weighted by Crippen LogP contribution is 2.42. The van der Waals surface area contributed by atoms with Crippen molar-refractivity contribution in [3.05, 3.63) is 108 Å². The fourth-order valence-corrected chi connectivity index (χ4v) is 8.80. The number of amides is 3. The number of nitrogens with zero attached hydrogens (tertiary/aromatic N) is 5. The van der Waals surface area contributed by atoms with Gasteiger partial charge in [0.15, 0.2) is 5.60 Å². The summed E-state index contributed by atoms with van der Waals surface area (Å²) in [4.78, 5) is 61.8. The Balaban J connectivity index is 0.931. The standard InChI is InChI=1S/C44H50N8O4/c1-3-50(4-2)38(33-11-6-5-7-12-33)41(53)51-25-8-13-36(51)39-46-27-34(48-39)31-19-15-29(16-20-31)30-17-21-32(22-18-30)35-28-47-40(49-35)37-14-9-26-52(37)42(54)44(23-10-24-44)56-43(45)55/h5-7,11-12,15-22,27-28,36-38H,3-4,8-10,13-14,23-26H2,1-2H3,(H2,45,55)(H,46,48)(H,47,49)/t36-,37-,38+/m0/s1. The molecular weight excluding hydrogens is 705 g/mol. The fourth-order valence-electron chi connectivity index (χ4n) is 8.80. The molecule has 3 amide bonds. The summed E-state index contributed by atoms with van der Waals surface area (Å²) >= 11 is 0. The number of likely N-dealkylation sites (tertiary alicyclic amines) is 2. The van der Waals surface area contributed by atoms with Gasteiger partial charge in [0.2, 0.25) is 5.91 Å². The topological polar surface area (TPSA) is 154 Å². The fraction of sp³-hybridized carbons (Fsp3) is 0.386. The average Bonchev–Trinajstić information content (AvgIpc) is 4.05. The Morgan fingerprint density at radius 2 is 1.25 bits per heavy atom. The molecule has 5 aromatic rings. The second kappa shape index (κ2) is 15.8. The zero-order valence-corrected chi connectivity index (χ0v) is 32.1. The first kappa shape index (κ1) is 37.2. The van der Waals surface area contributed by atoms with Crippen molar-refractivity contribution < 1.29 is 19.1 Å². The van der Waals surface area contributed by atoms with Gasteiger partial charge in [-0.25, -0.2) is 14.8 Å². The third-order valence-electron chi connectivity index (χ3n) is 12.0. The number of imidazole rings is 2. The summed E-state index contributed by atoms with van der Waals surface area (Å²) in [7, 11) is 0. The van der Waals surface area contributed by atoms with Crippen molar-refractivity contribution in [3.63, 3.8) is 0 Å². The van der Waals surface area contributed by atoms with Gasteiger partial charge in [0.1, 0.15) is 17.7 Å². The molecular formula is C44H50N8O4. The van der Waals surface area contributed by atoms with Gasteiger partial charge in [-0.3, -0.25) is 14.5 Å². The Labute approximate surface area is 327 Å². The van der Waals surface area contributed by atoms with E-state index in [2.05, 4.69) is 94.4 Å². The van der Waals surface area contributed by atoms with E-state index in [4.69, 9.17) is 15.5 Å². The van der Waals surface area contributed by atoms with Crippen LogP contribution in [0.15, 0.2) is 91.3 Å². The maximum atomic E-state index is 14.2. The number of carbonyl (C=O) groups excluding carboxylic acids is 3. The summed E-state index contributed by atoms with van der Waals surface area (Å²) in [6.45, 7) is 7.11. The lowest BCUT2D eigenvalue weighted by atomic mass is 9.78. The molecule has 3 fully saturated rings. The number of hydrogen-bond acceptors (Lipinski definition) is 7. The second-order valence-corrected chi connectivity index (χ2v) is 15.2. The number of H-pyrrole nitrogens is 2. The molecule has 0 unspecified atom stereocenters. The van der Waals surface area contributed by atoms with Crippen molar-refractivity contribution in [2.24, 2.45) is 5.73 Å². The van der Waals surface area contributed by atoms with Crippen LogP contribution in [0.1, 0.15) is 94.1 Å². The molecule has 56 heavy (non-hydrogen) atoms. The van der Waals surface area contributed by atoms with Crippen LogP contribution in [0.5, 0.6) is 0 Å². The van der Waals surface area contributed by atoms with E-state index in [-0.39, 0.29) is 29.9 Å². The molecule has 2 aliphatic heterocycles. The van der Waals surface area contributed by atoms with E-state index in [1.54, 1.807) is 4.90 Å². The van der Waals surface area contributed by atoms with Crippen LogP contribution in [0.2, 0.25) is 0 Å². The van der Waals surface area contributed by atoms with Crippen molar-refractivity contribution in [2.45, 2.75) is 82.5 Å². The number of hydrogen-bond donors (Lipinski definition) is 3. The molecule has 0 spiro atoms. The Kier molecular flexibility index (Phi) is 10.5. The number of primary amides is 1. The molecule has 4 N–H and O–H groups in total. The Bertz CT molecular complexity index is 2150. The third kappa shape index (κ3) is 7.09. The summed E-state index contributed by atoms with van der Waals surface area (Å²) in [6.07, 6.45) is 8.04. The van der Waals surface area contributed by atoms with Crippen molar-refractivity contribution in [2.75, 3.05) is 26.2 Å². The van der Waals surface area contributed by atoms with Gasteiger partial charge < -0.3 is 30.2 Å². The van der Waals surface area contributed by atoms with Gasteiger partial charge in [-0.05, 0) is 85.9 Å². The van der Waals surface area contributed by atoms with Crippen LogP contribution < -0.4 is 5.73 Å². The second-order valence-electron chi connectivity index (χ2n) is 15.2. The summed E-state index contributed by atoms with van der Waals surface area (Å²) in [5, 5.41) is 0. The molecule has 8 rings (SSSR count). The van der Waals surface area contributed by atoms with E-state index in [0.29, 0.717) is 19.4 Å². The lowest BCUT2D eigenvalue weighted by Crippen LogP contribution is -2.56. The molecule has 0 radical (unpaired) electrons. The van der Waals surface area contributed by atoms with Crippen LogP contribution >= 0.6 is 0 Å². The number of nitrogens with two attached hydrogens (primary N) is 1. The smallest absolute Gasteiger partial charge is 0.405 e. The first-order valence-electron chi connectivity index (χ1n) is 20.0. The third-order valence-corrected chi connectivity index (χ3v) is 12.0. The van der Waals surface area contributed by atoms with Gasteiger partial charge in [-0.1, -0.05) is 92.7 Å². The summed E-state index contributed by atoms with van der Waals surface area (Å²) in [5.74, 6) is 1.50. The van der Waals surface area contributed by atoms with E-state index in [9.17, 15) is 14.4 Å². The first-order valence-corrected chi connectivity index (χ1v) is 20.0. The van der Waals surface area contributed by atoms with Crippen LogP contribution in [0.3, 0.4) is 0 Å². The minimum absolute atomic E-state index is 0.0938. The van der Waals surface area contributed by atoms with Crippen LogP contribution in [-0.2, 0) is 14.3 Å². The number of likely N-dealkylation sites (N-methyl/N-ethyl adjacent to an activating group) is 1. The number of aromatic amines is 2. The van der Waals surface area contributed by atoms with Gasteiger partial charge >= 0.3 is 6.09 Å². The minimum Gasteiger partial charge on any atom is -0.433 e. The molecule has 3 aliphatic rings. The van der Waals surface area contributed by atoms with Gasteiger partial charge in [0.05, 0.1) is 35.9 Å². The maximum Gasteiger partial charge on any atom is 0.405 e. The molecule has 12 nitrogen and oxygen atoms in total. The van der Waals surface area contributed by atoms with Crippen LogP contribution in [-0.4, -0.2) is 84.3 Å². The number of rotatable bonds is 12. The SMILES string of the molecule is CCN(CC)[C@@H](C(=O)N1CCC[C@H]1c1ncc(-c2ccc(-c3ccc(-c4cnc([C@@H]5CCCN5C(=O)C5(OC(N)=O)CCC5)[nH]4)cc3)cc2)[nH]1)c1ccccc1. The normalized spacial score (nSPS) is 19.6. The molecule has 3 aromatic carbocycles.